The summed E-state index contributed by atoms with van der Waals surface area (Å²) < 4.78 is 31.8. The van der Waals surface area contributed by atoms with Crippen LogP contribution >= 0.6 is 27.5 Å². The van der Waals surface area contributed by atoms with Crippen molar-refractivity contribution < 1.29 is 17.9 Å². The van der Waals surface area contributed by atoms with E-state index in [2.05, 4.69) is 21.2 Å². The molecule has 1 N–H and O–H groups in total. The third-order valence-electron chi connectivity index (χ3n) is 3.60. The van der Waals surface area contributed by atoms with Crippen LogP contribution in [-0.2, 0) is 14.8 Å². The molecule has 0 aliphatic carbocycles. The maximum atomic E-state index is 12.4. The molecule has 0 aromatic heterocycles. The number of nitrogens with one attached hydrogen (secondary N) is 1. The molecule has 2 rings (SSSR count). The number of carbonyl (C=O) groups is 1. The van der Waals surface area contributed by atoms with Crippen molar-refractivity contribution in [3.8, 4) is 5.75 Å². The van der Waals surface area contributed by atoms with Crippen LogP contribution in [0.4, 0.5) is 5.69 Å². The summed E-state index contributed by atoms with van der Waals surface area (Å²) >= 11 is 9.37. The lowest BCUT2D eigenvalue weighted by Gasteiger charge is -2.17. The molecule has 0 heterocycles. The molecule has 0 unspecified atom stereocenters. The Bertz CT molecular complexity index is 965. The first-order valence-corrected chi connectivity index (χ1v) is 11.0. The van der Waals surface area contributed by atoms with Crippen molar-refractivity contribution in [1.82, 2.24) is 4.31 Å². The maximum absolute atomic E-state index is 12.4. The van der Waals surface area contributed by atoms with Gasteiger partial charge in [-0.2, -0.15) is 4.31 Å². The third kappa shape index (κ3) is 6.34. The van der Waals surface area contributed by atoms with Gasteiger partial charge in [-0.15, -0.1) is 0 Å². The van der Waals surface area contributed by atoms with Crippen LogP contribution in [0, 0.1) is 0 Å². The van der Waals surface area contributed by atoms with Gasteiger partial charge in [0.15, 0.2) is 5.75 Å². The lowest BCUT2D eigenvalue weighted by molar-refractivity contribution is -0.116. The Hall–Kier alpha value is -1.87. The minimum Gasteiger partial charge on any atom is -0.491 e. The molecule has 9 heteroatoms. The number of rotatable bonds is 8. The monoisotopic (exact) mass is 486 g/mol. The van der Waals surface area contributed by atoms with E-state index in [9.17, 15) is 13.2 Å². The SMILES string of the molecule is CCOc1c(Br)cc(Cl)cc1NC(=O)CN(C)S(=O)(=O)/C=C/c1ccccc1. The topological polar surface area (TPSA) is 75.7 Å². The number of ether oxygens (including phenoxy) is 1. The molecule has 2 aromatic carbocycles. The number of anilines is 1. The summed E-state index contributed by atoms with van der Waals surface area (Å²) in [6.45, 7) is 1.84. The Balaban J connectivity index is 2.09. The molecule has 0 spiro atoms. The van der Waals surface area contributed by atoms with Gasteiger partial charge in [0.25, 0.3) is 0 Å². The number of sulfonamides is 1. The molecule has 0 fully saturated rings. The Morgan fingerprint density at radius 3 is 2.61 bits per heavy atom. The van der Waals surface area contributed by atoms with Crippen LogP contribution < -0.4 is 10.1 Å². The Morgan fingerprint density at radius 2 is 1.96 bits per heavy atom. The zero-order valence-corrected chi connectivity index (χ0v) is 18.5. The minimum absolute atomic E-state index is 0.358. The van der Waals surface area contributed by atoms with Gasteiger partial charge in [0.05, 0.1) is 23.3 Å². The molecule has 0 radical (unpaired) electrons. The number of hydrogen-bond donors (Lipinski definition) is 1. The summed E-state index contributed by atoms with van der Waals surface area (Å²) in [5.74, 6) is -0.0935. The standard InChI is InChI=1S/C19H20BrClN2O4S/c1-3-27-19-16(20)11-15(21)12-17(19)22-18(24)13-23(2)28(25,26)10-9-14-7-5-4-6-8-14/h4-12H,3,13H2,1-2H3,(H,22,24)/b10-9+. The van der Waals surface area contributed by atoms with Crippen molar-refractivity contribution in [3.05, 3.63) is 62.9 Å². The molecule has 0 aliphatic heterocycles. The van der Waals surface area contributed by atoms with Gasteiger partial charge in [0.2, 0.25) is 15.9 Å². The second-order valence-electron chi connectivity index (χ2n) is 5.76. The van der Waals surface area contributed by atoms with E-state index in [1.807, 2.05) is 25.1 Å². The van der Waals surface area contributed by atoms with E-state index in [1.54, 1.807) is 24.3 Å². The van der Waals surface area contributed by atoms with E-state index in [4.69, 9.17) is 16.3 Å². The van der Waals surface area contributed by atoms with E-state index < -0.39 is 15.9 Å². The Morgan fingerprint density at radius 1 is 1.29 bits per heavy atom. The molecule has 0 saturated carbocycles. The molecule has 0 bridgehead atoms. The van der Waals surface area contributed by atoms with Crippen LogP contribution in [0.2, 0.25) is 5.02 Å². The average Bonchev–Trinajstić information content (AvgIpc) is 2.63. The third-order valence-corrected chi connectivity index (χ3v) is 5.89. The molecule has 6 nitrogen and oxygen atoms in total. The minimum atomic E-state index is -3.76. The first kappa shape index (κ1) is 22.4. The molecule has 150 valence electrons. The first-order chi connectivity index (χ1) is 13.2. The first-order valence-electron chi connectivity index (χ1n) is 8.34. The van der Waals surface area contributed by atoms with Crippen LogP contribution in [0.3, 0.4) is 0 Å². The van der Waals surface area contributed by atoms with Gasteiger partial charge < -0.3 is 10.1 Å². The fraction of sp³-hybridized carbons (Fsp3) is 0.211. The fourth-order valence-electron chi connectivity index (χ4n) is 2.26. The van der Waals surface area contributed by atoms with Gasteiger partial charge in [-0.25, -0.2) is 8.42 Å². The normalized spacial score (nSPS) is 11.8. The highest BCUT2D eigenvalue weighted by molar-refractivity contribution is 9.10. The number of benzene rings is 2. The lowest BCUT2D eigenvalue weighted by Crippen LogP contribution is -2.33. The van der Waals surface area contributed by atoms with Gasteiger partial charge in [0.1, 0.15) is 0 Å². The predicted molar refractivity (Wildman–Crippen MR) is 116 cm³/mol. The van der Waals surface area contributed by atoms with Crippen LogP contribution in [0.1, 0.15) is 12.5 Å². The summed E-state index contributed by atoms with van der Waals surface area (Å²) in [6.07, 6.45) is 1.48. The number of halogens is 2. The van der Waals surface area contributed by atoms with E-state index in [0.717, 1.165) is 15.3 Å². The van der Waals surface area contributed by atoms with Crippen LogP contribution in [0.5, 0.6) is 5.75 Å². The summed E-state index contributed by atoms with van der Waals surface area (Å²) in [6, 6.07) is 12.2. The molecule has 2 aromatic rings. The molecule has 1 amide bonds. The smallest absolute Gasteiger partial charge is 0.239 e. The molecule has 0 saturated heterocycles. The number of hydrogen-bond acceptors (Lipinski definition) is 4. The lowest BCUT2D eigenvalue weighted by atomic mass is 10.2. The summed E-state index contributed by atoms with van der Waals surface area (Å²) in [5.41, 5.74) is 1.10. The molecule has 28 heavy (non-hydrogen) atoms. The Labute approximate surface area is 178 Å². The van der Waals surface area contributed by atoms with Crippen LogP contribution in [0.25, 0.3) is 6.08 Å². The van der Waals surface area contributed by atoms with Crippen molar-refractivity contribution in [1.29, 1.82) is 0 Å². The summed E-state index contributed by atoms with van der Waals surface area (Å²) in [7, 11) is -2.42. The van der Waals surface area contributed by atoms with Crippen LogP contribution in [0.15, 0.2) is 52.3 Å². The highest BCUT2D eigenvalue weighted by Crippen LogP contribution is 2.36. The van der Waals surface area contributed by atoms with Crippen LogP contribution in [-0.4, -0.2) is 38.8 Å². The Kier molecular flexibility index (Phi) is 8.06. The van der Waals surface area contributed by atoms with E-state index in [0.29, 0.717) is 27.5 Å². The number of amides is 1. The van der Waals surface area contributed by atoms with Crippen molar-refractivity contribution in [2.75, 3.05) is 25.5 Å². The van der Waals surface area contributed by atoms with Gasteiger partial charge in [-0.1, -0.05) is 41.9 Å². The second-order valence-corrected chi connectivity index (χ2v) is 8.98. The zero-order chi connectivity index (χ0) is 20.7. The number of likely N-dealkylation sites (N-methyl/N-ethyl adjacent to an activating group) is 1. The fourth-order valence-corrected chi connectivity index (χ4v) is 4.02. The van der Waals surface area contributed by atoms with Crippen molar-refractivity contribution in [2.24, 2.45) is 0 Å². The van der Waals surface area contributed by atoms with E-state index >= 15 is 0 Å². The number of nitrogens with zero attached hydrogens (tertiary/aromatic N) is 1. The van der Waals surface area contributed by atoms with Crippen molar-refractivity contribution in [2.45, 2.75) is 6.92 Å². The molecular formula is C19H20BrClN2O4S. The molecule has 0 atom stereocenters. The van der Waals surface area contributed by atoms with Gasteiger partial charge in [-0.05, 0) is 46.6 Å². The van der Waals surface area contributed by atoms with E-state index in [-0.39, 0.29) is 6.54 Å². The van der Waals surface area contributed by atoms with Crippen molar-refractivity contribution >= 4 is 55.2 Å². The predicted octanol–water partition coefficient (Wildman–Crippen LogP) is 4.37. The molecule has 0 aliphatic rings. The maximum Gasteiger partial charge on any atom is 0.239 e. The highest BCUT2D eigenvalue weighted by Gasteiger charge is 2.19. The van der Waals surface area contributed by atoms with Gasteiger partial charge in [0, 0.05) is 17.5 Å². The van der Waals surface area contributed by atoms with E-state index in [1.165, 1.54) is 13.1 Å². The highest BCUT2D eigenvalue weighted by atomic mass is 79.9. The van der Waals surface area contributed by atoms with Gasteiger partial charge in [-0.3, -0.25) is 4.79 Å². The summed E-state index contributed by atoms with van der Waals surface area (Å²) in [5, 5.41) is 4.11. The average molecular weight is 488 g/mol. The van der Waals surface area contributed by atoms with Gasteiger partial charge >= 0.3 is 0 Å². The largest absolute Gasteiger partial charge is 0.491 e. The van der Waals surface area contributed by atoms with Crippen molar-refractivity contribution in [3.63, 3.8) is 0 Å². The quantitative estimate of drug-likeness (QED) is 0.600. The zero-order valence-electron chi connectivity index (χ0n) is 15.4. The number of carbonyl (C=O) groups excluding carboxylic acids is 1. The second kappa shape index (κ2) is 10.1. The molecular weight excluding hydrogens is 468 g/mol. The summed E-state index contributed by atoms with van der Waals surface area (Å²) in [4.78, 5) is 12.4.